The second kappa shape index (κ2) is 4.86. The van der Waals surface area contributed by atoms with Gasteiger partial charge in [0, 0.05) is 6.07 Å². The molecule has 0 N–H and O–H groups in total. The van der Waals surface area contributed by atoms with Crippen molar-refractivity contribution in [1.29, 1.82) is 0 Å². The van der Waals surface area contributed by atoms with Crippen LogP contribution in [0, 0.1) is 0 Å². The Kier molecular flexibility index (Phi) is 3.96. The van der Waals surface area contributed by atoms with E-state index in [4.69, 9.17) is 16.3 Å². The largest absolute Gasteiger partial charge is 0.475 e. The van der Waals surface area contributed by atoms with Gasteiger partial charge in [-0.2, -0.15) is 18.2 Å². The van der Waals surface area contributed by atoms with Gasteiger partial charge in [0.15, 0.2) is 5.69 Å². The van der Waals surface area contributed by atoms with E-state index in [-0.39, 0.29) is 12.0 Å². The van der Waals surface area contributed by atoms with E-state index in [0.717, 1.165) is 6.07 Å². The molecule has 0 aromatic carbocycles. The zero-order valence-electron chi connectivity index (χ0n) is 8.68. The van der Waals surface area contributed by atoms with Crippen molar-refractivity contribution in [3.8, 4) is 5.88 Å². The van der Waals surface area contributed by atoms with Crippen molar-refractivity contribution in [1.82, 2.24) is 9.97 Å². The summed E-state index contributed by atoms with van der Waals surface area (Å²) in [5.74, 6) is -0.165. The van der Waals surface area contributed by atoms with Gasteiger partial charge in [-0.25, -0.2) is 4.98 Å². The molecule has 0 spiro atoms. The molecule has 1 aromatic heterocycles. The first kappa shape index (κ1) is 13.0. The quantitative estimate of drug-likeness (QED) is 0.776. The van der Waals surface area contributed by atoms with E-state index in [9.17, 15) is 13.2 Å². The predicted molar refractivity (Wildman–Crippen MR) is 52.4 cm³/mol. The van der Waals surface area contributed by atoms with Gasteiger partial charge in [-0.1, -0.05) is 6.92 Å². The minimum absolute atomic E-state index is 0.165. The maximum absolute atomic E-state index is 12.4. The highest BCUT2D eigenvalue weighted by molar-refractivity contribution is 6.28. The van der Waals surface area contributed by atoms with E-state index >= 15 is 0 Å². The van der Waals surface area contributed by atoms with E-state index in [1.165, 1.54) is 0 Å². The Morgan fingerprint density at radius 1 is 1.44 bits per heavy atom. The van der Waals surface area contributed by atoms with Crippen LogP contribution in [0.5, 0.6) is 5.88 Å². The molecule has 0 radical (unpaired) electrons. The molecule has 7 heteroatoms. The van der Waals surface area contributed by atoms with Crippen molar-refractivity contribution in [2.45, 2.75) is 32.5 Å². The molecular formula is C9H10ClF3N2O. The van der Waals surface area contributed by atoms with Crippen LogP contribution in [0.4, 0.5) is 13.2 Å². The Hall–Kier alpha value is -1.04. The highest BCUT2D eigenvalue weighted by atomic mass is 35.5. The molecule has 0 saturated carbocycles. The summed E-state index contributed by atoms with van der Waals surface area (Å²) in [5.41, 5.74) is -1.11. The number of nitrogens with zero attached hydrogens (tertiary/aromatic N) is 2. The van der Waals surface area contributed by atoms with Gasteiger partial charge in [-0.05, 0) is 24.9 Å². The molecule has 0 aliphatic heterocycles. The maximum Gasteiger partial charge on any atom is 0.433 e. The number of alkyl halides is 3. The van der Waals surface area contributed by atoms with E-state index in [1.54, 1.807) is 6.92 Å². The lowest BCUT2D eigenvalue weighted by atomic mass is 10.3. The predicted octanol–water partition coefficient (Wildman–Crippen LogP) is 3.33. The van der Waals surface area contributed by atoms with Gasteiger partial charge in [-0.15, -0.1) is 0 Å². The summed E-state index contributed by atoms with van der Waals surface area (Å²) in [4.78, 5) is 6.65. The Morgan fingerprint density at radius 2 is 2.06 bits per heavy atom. The van der Waals surface area contributed by atoms with E-state index < -0.39 is 17.2 Å². The first-order valence-corrected chi connectivity index (χ1v) is 4.99. The second-order valence-corrected chi connectivity index (χ2v) is 3.53. The molecule has 0 amide bonds. The molecule has 3 nitrogen and oxygen atoms in total. The summed E-state index contributed by atoms with van der Waals surface area (Å²) in [6.45, 7) is 3.57. The van der Waals surface area contributed by atoms with Crippen LogP contribution in [0.3, 0.4) is 0 Å². The van der Waals surface area contributed by atoms with Crippen LogP contribution in [-0.4, -0.2) is 16.1 Å². The molecule has 1 rings (SSSR count). The van der Waals surface area contributed by atoms with E-state index in [1.807, 2.05) is 6.92 Å². The fraction of sp³-hybridized carbons (Fsp3) is 0.556. The van der Waals surface area contributed by atoms with Gasteiger partial charge in [0.05, 0.1) is 6.10 Å². The van der Waals surface area contributed by atoms with E-state index in [2.05, 4.69) is 9.97 Å². The molecule has 0 saturated heterocycles. The number of hydrogen-bond acceptors (Lipinski definition) is 3. The highest BCUT2D eigenvalue weighted by Gasteiger charge is 2.34. The van der Waals surface area contributed by atoms with Gasteiger partial charge in [0.25, 0.3) is 0 Å². The normalized spacial score (nSPS) is 13.6. The molecule has 1 heterocycles. The molecule has 0 aliphatic rings. The maximum atomic E-state index is 12.4. The fourth-order valence-corrected chi connectivity index (χ4v) is 1.07. The van der Waals surface area contributed by atoms with E-state index in [0.29, 0.717) is 6.42 Å². The molecule has 0 aliphatic carbocycles. The summed E-state index contributed by atoms with van der Waals surface area (Å²) in [5, 5.41) is -0.479. The van der Waals surface area contributed by atoms with Gasteiger partial charge in [0.1, 0.15) is 0 Å². The third-order valence-electron chi connectivity index (χ3n) is 1.86. The summed E-state index contributed by atoms with van der Waals surface area (Å²) in [7, 11) is 0. The molecule has 1 aromatic rings. The van der Waals surface area contributed by atoms with Crippen LogP contribution in [0.1, 0.15) is 26.0 Å². The molecular weight excluding hydrogens is 245 g/mol. The smallest absolute Gasteiger partial charge is 0.433 e. The average molecular weight is 255 g/mol. The summed E-state index contributed by atoms with van der Waals surface area (Å²) >= 11 is 5.38. The van der Waals surface area contributed by atoms with Gasteiger partial charge < -0.3 is 4.74 Å². The Morgan fingerprint density at radius 3 is 2.56 bits per heavy atom. The fourth-order valence-electron chi connectivity index (χ4n) is 0.892. The first-order chi connectivity index (χ1) is 7.32. The summed E-state index contributed by atoms with van der Waals surface area (Å²) < 4.78 is 42.2. The first-order valence-electron chi connectivity index (χ1n) is 4.61. The monoisotopic (exact) mass is 254 g/mol. The molecule has 0 fully saturated rings. The van der Waals surface area contributed by atoms with Crippen LogP contribution >= 0.6 is 11.6 Å². The van der Waals surface area contributed by atoms with Crippen LogP contribution in [0.15, 0.2) is 6.07 Å². The van der Waals surface area contributed by atoms with Crippen molar-refractivity contribution >= 4 is 11.6 Å². The molecule has 90 valence electrons. The van der Waals surface area contributed by atoms with Crippen LogP contribution in [0.2, 0.25) is 5.28 Å². The lowest BCUT2D eigenvalue weighted by molar-refractivity contribution is -0.141. The molecule has 0 bridgehead atoms. The Labute approximate surface area is 95.6 Å². The number of ether oxygens (including phenoxy) is 1. The van der Waals surface area contributed by atoms with Crippen molar-refractivity contribution in [3.05, 3.63) is 17.0 Å². The topological polar surface area (TPSA) is 35.0 Å². The average Bonchev–Trinajstić information content (AvgIpc) is 2.15. The van der Waals surface area contributed by atoms with Gasteiger partial charge in [-0.3, -0.25) is 0 Å². The van der Waals surface area contributed by atoms with Crippen LogP contribution in [0.25, 0.3) is 0 Å². The third kappa shape index (κ3) is 3.52. The van der Waals surface area contributed by atoms with Crippen LogP contribution < -0.4 is 4.74 Å². The molecule has 16 heavy (non-hydrogen) atoms. The number of halogens is 4. The molecule has 1 unspecified atom stereocenters. The summed E-state index contributed by atoms with van der Waals surface area (Å²) in [6.07, 6.45) is -4.13. The summed E-state index contributed by atoms with van der Waals surface area (Å²) in [6, 6.07) is 0.734. The van der Waals surface area contributed by atoms with Crippen molar-refractivity contribution in [2.24, 2.45) is 0 Å². The number of rotatable bonds is 3. The number of aromatic nitrogens is 2. The standard InChI is InChI=1S/C9H10ClF3N2O/c1-3-5(2)16-7-4-6(9(11,12)13)14-8(10)15-7/h4-5H,3H2,1-2H3. The zero-order valence-corrected chi connectivity index (χ0v) is 9.43. The Bertz CT molecular complexity index is 370. The minimum Gasteiger partial charge on any atom is -0.475 e. The SMILES string of the molecule is CCC(C)Oc1cc(C(F)(F)F)nc(Cl)n1. The number of hydrogen-bond donors (Lipinski definition) is 0. The Balaban J connectivity index is 2.99. The highest BCUT2D eigenvalue weighted by Crippen LogP contribution is 2.30. The minimum atomic E-state index is -4.56. The zero-order chi connectivity index (χ0) is 12.3. The second-order valence-electron chi connectivity index (χ2n) is 3.19. The van der Waals surface area contributed by atoms with Crippen molar-refractivity contribution in [2.75, 3.05) is 0 Å². The van der Waals surface area contributed by atoms with Crippen molar-refractivity contribution in [3.63, 3.8) is 0 Å². The van der Waals surface area contributed by atoms with Crippen LogP contribution in [-0.2, 0) is 6.18 Å². The van der Waals surface area contributed by atoms with Gasteiger partial charge in [0.2, 0.25) is 11.2 Å². The lowest BCUT2D eigenvalue weighted by Crippen LogP contribution is -2.14. The van der Waals surface area contributed by atoms with Gasteiger partial charge >= 0.3 is 6.18 Å². The lowest BCUT2D eigenvalue weighted by Gasteiger charge is -2.13. The third-order valence-corrected chi connectivity index (χ3v) is 2.03. The van der Waals surface area contributed by atoms with Crippen molar-refractivity contribution < 1.29 is 17.9 Å². The molecule has 1 atom stereocenters.